The van der Waals surface area contributed by atoms with Crippen molar-refractivity contribution in [2.45, 2.75) is 57.9 Å². The van der Waals surface area contributed by atoms with Crippen molar-refractivity contribution in [2.24, 2.45) is 0 Å². The van der Waals surface area contributed by atoms with Crippen LogP contribution in [0.25, 0.3) is 0 Å². The van der Waals surface area contributed by atoms with Crippen LogP contribution in [0, 0.1) is 0 Å². The number of nitrogens with zero attached hydrogens (tertiary/aromatic N) is 1. The molecule has 1 atom stereocenters. The zero-order valence-electron chi connectivity index (χ0n) is 19.4. The number of rotatable bonds is 8. The first kappa shape index (κ1) is 23.9. The van der Waals surface area contributed by atoms with Gasteiger partial charge in [0.1, 0.15) is 17.1 Å². The van der Waals surface area contributed by atoms with Crippen molar-refractivity contribution >= 4 is 40.2 Å². The molecular weight excluding hydrogens is 454 g/mol. The molecule has 0 radical (unpaired) electrons. The lowest BCUT2D eigenvalue weighted by molar-refractivity contribution is -0.134. The van der Waals surface area contributed by atoms with E-state index in [-0.39, 0.29) is 6.61 Å². The molecule has 2 aliphatic rings. The van der Waals surface area contributed by atoms with Gasteiger partial charge in [-0.15, -0.1) is 11.3 Å². The quantitative estimate of drug-likeness (QED) is 0.436. The van der Waals surface area contributed by atoms with E-state index in [0.29, 0.717) is 29.0 Å². The van der Waals surface area contributed by atoms with Crippen molar-refractivity contribution in [1.29, 1.82) is 0 Å². The van der Waals surface area contributed by atoms with Crippen molar-refractivity contribution in [3.63, 3.8) is 0 Å². The van der Waals surface area contributed by atoms with Crippen LogP contribution < -0.4 is 10.6 Å². The highest BCUT2D eigenvalue weighted by Crippen LogP contribution is 2.39. The number of ether oxygens (including phenoxy) is 1. The number of hydrogen-bond acceptors (Lipinski definition) is 6. The summed E-state index contributed by atoms with van der Waals surface area (Å²) in [7, 11) is 0. The number of anilines is 1. The minimum atomic E-state index is -1.19. The molecule has 1 aliphatic carbocycles. The fourth-order valence-electron chi connectivity index (χ4n) is 4.76. The van der Waals surface area contributed by atoms with Crippen LogP contribution in [-0.2, 0) is 32.7 Å². The number of amides is 4. The van der Waals surface area contributed by atoms with Gasteiger partial charge in [0.2, 0.25) is 5.91 Å². The molecule has 8 nitrogen and oxygen atoms in total. The Balaban J connectivity index is 1.56. The number of hydrogen-bond donors (Lipinski definition) is 2. The SMILES string of the molecule is CCC[C@]1(c2ccccc2)NC(=O)N(CC(=O)Nc2sc3c(c2C(=O)OCC)CCCC3)C1=O. The Hall–Kier alpha value is -3.20. The predicted octanol–water partition coefficient (Wildman–Crippen LogP) is 3.99. The Morgan fingerprint density at radius 2 is 1.88 bits per heavy atom. The number of carbonyl (C=O) groups is 4. The number of fused-ring (bicyclic) bond motifs is 1. The van der Waals surface area contributed by atoms with Crippen molar-refractivity contribution in [3.8, 4) is 0 Å². The van der Waals surface area contributed by atoms with E-state index in [0.717, 1.165) is 41.0 Å². The molecule has 2 aromatic rings. The van der Waals surface area contributed by atoms with Crippen molar-refractivity contribution in [1.82, 2.24) is 10.2 Å². The van der Waals surface area contributed by atoms with Crippen LogP contribution in [0.2, 0.25) is 0 Å². The topological polar surface area (TPSA) is 105 Å². The third kappa shape index (κ3) is 4.32. The second kappa shape index (κ2) is 9.97. The first-order chi connectivity index (χ1) is 16.4. The summed E-state index contributed by atoms with van der Waals surface area (Å²) in [5.41, 5.74) is 0.835. The van der Waals surface area contributed by atoms with E-state index in [2.05, 4.69) is 10.6 Å². The number of nitrogens with one attached hydrogen (secondary N) is 2. The third-order valence-corrected chi connectivity index (χ3v) is 7.48. The Morgan fingerprint density at radius 1 is 1.15 bits per heavy atom. The normalized spacial score (nSPS) is 19.5. The van der Waals surface area contributed by atoms with Gasteiger partial charge < -0.3 is 15.4 Å². The molecule has 1 fully saturated rings. The van der Waals surface area contributed by atoms with E-state index in [1.54, 1.807) is 19.1 Å². The molecule has 4 amide bonds. The van der Waals surface area contributed by atoms with E-state index >= 15 is 0 Å². The Labute approximate surface area is 202 Å². The molecule has 2 N–H and O–H groups in total. The van der Waals surface area contributed by atoms with Gasteiger partial charge in [-0.05, 0) is 50.2 Å². The lowest BCUT2D eigenvalue weighted by atomic mass is 9.85. The summed E-state index contributed by atoms with van der Waals surface area (Å²) in [4.78, 5) is 53.9. The van der Waals surface area contributed by atoms with Gasteiger partial charge >= 0.3 is 12.0 Å². The van der Waals surface area contributed by atoms with Gasteiger partial charge in [0.05, 0.1) is 12.2 Å². The Morgan fingerprint density at radius 3 is 2.59 bits per heavy atom. The third-order valence-electron chi connectivity index (χ3n) is 6.27. The second-order valence-corrected chi connectivity index (χ2v) is 9.63. The van der Waals surface area contributed by atoms with E-state index in [1.165, 1.54) is 11.3 Å². The first-order valence-electron chi connectivity index (χ1n) is 11.7. The van der Waals surface area contributed by atoms with E-state index in [1.807, 2.05) is 25.1 Å². The van der Waals surface area contributed by atoms with Crippen molar-refractivity contribution in [3.05, 3.63) is 51.9 Å². The molecule has 4 rings (SSSR count). The predicted molar refractivity (Wildman–Crippen MR) is 129 cm³/mol. The zero-order valence-corrected chi connectivity index (χ0v) is 20.3. The summed E-state index contributed by atoms with van der Waals surface area (Å²) in [6.45, 7) is 3.48. The number of imide groups is 1. The van der Waals surface area contributed by atoms with Crippen LogP contribution in [-0.4, -0.2) is 41.9 Å². The standard InChI is InChI=1S/C25H29N3O5S/c1-3-14-25(16-10-6-5-7-11-16)23(31)28(24(32)27-25)15-19(29)26-21-20(22(30)33-4-2)17-12-8-9-13-18(17)34-21/h5-7,10-11H,3-4,8-9,12-15H2,1-2H3,(H,26,29)(H,27,32)/t25-/m1/s1. The molecule has 0 spiro atoms. The summed E-state index contributed by atoms with van der Waals surface area (Å²) in [6.07, 6.45) is 4.72. The lowest BCUT2D eigenvalue weighted by Gasteiger charge is -2.26. The van der Waals surface area contributed by atoms with Crippen LogP contribution >= 0.6 is 11.3 Å². The average molecular weight is 484 g/mol. The molecule has 0 unspecified atom stereocenters. The van der Waals surface area contributed by atoms with Crippen LogP contribution in [0.5, 0.6) is 0 Å². The monoisotopic (exact) mass is 483 g/mol. The summed E-state index contributed by atoms with van der Waals surface area (Å²) in [5, 5.41) is 6.03. The highest BCUT2D eigenvalue weighted by atomic mass is 32.1. The molecule has 1 aromatic heterocycles. The molecule has 0 saturated carbocycles. The van der Waals surface area contributed by atoms with Crippen molar-refractivity contribution in [2.75, 3.05) is 18.5 Å². The van der Waals surface area contributed by atoms with Gasteiger partial charge in [0, 0.05) is 4.88 Å². The van der Waals surface area contributed by atoms with Gasteiger partial charge in [-0.1, -0.05) is 43.7 Å². The fourth-order valence-corrected chi connectivity index (χ4v) is 6.05. The first-order valence-corrected chi connectivity index (χ1v) is 12.5. The van der Waals surface area contributed by atoms with Crippen LogP contribution in [0.15, 0.2) is 30.3 Å². The number of carbonyl (C=O) groups excluding carboxylic acids is 4. The van der Waals surface area contributed by atoms with Gasteiger partial charge in [0.15, 0.2) is 0 Å². The van der Waals surface area contributed by atoms with Gasteiger partial charge in [0.25, 0.3) is 5.91 Å². The summed E-state index contributed by atoms with van der Waals surface area (Å²) < 4.78 is 5.23. The van der Waals surface area contributed by atoms with E-state index in [4.69, 9.17) is 4.74 Å². The molecular formula is C25H29N3O5S. The largest absolute Gasteiger partial charge is 0.462 e. The molecule has 1 aliphatic heterocycles. The number of aryl methyl sites for hydroxylation is 1. The highest BCUT2D eigenvalue weighted by molar-refractivity contribution is 7.17. The second-order valence-electron chi connectivity index (χ2n) is 8.53. The number of esters is 1. The minimum absolute atomic E-state index is 0.234. The molecule has 1 aromatic carbocycles. The highest BCUT2D eigenvalue weighted by Gasteiger charge is 2.52. The zero-order chi connectivity index (χ0) is 24.3. The van der Waals surface area contributed by atoms with Gasteiger partial charge in [-0.25, -0.2) is 9.59 Å². The fraction of sp³-hybridized carbons (Fsp3) is 0.440. The molecule has 0 bridgehead atoms. The maximum Gasteiger partial charge on any atom is 0.341 e. The Kier molecular flexibility index (Phi) is 7.02. The smallest absolute Gasteiger partial charge is 0.341 e. The summed E-state index contributed by atoms with van der Waals surface area (Å²) in [5.74, 6) is -1.44. The number of benzene rings is 1. The number of urea groups is 1. The maximum atomic E-state index is 13.4. The average Bonchev–Trinajstić information content (AvgIpc) is 3.30. The molecule has 9 heteroatoms. The van der Waals surface area contributed by atoms with Gasteiger partial charge in [-0.2, -0.15) is 0 Å². The molecule has 1 saturated heterocycles. The Bertz CT molecular complexity index is 1110. The minimum Gasteiger partial charge on any atom is -0.462 e. The maximum absolute atomic E-state index is 13.4. The van der Waals surface area contributed by atoms with Crippen molar-refractivity contribution < 1.29 is 23.9 Å². The molecule has 180 valence electrons. The number of thiophene rings is 1. The van der Waals surface area contributed by atoms with Gasteiger partial charge in [-0.3, -0.25) is 14.5 Å². The van der Waals surface area contributed by atoms with Crippen LogP contribution in [0.4, 0.5) is 9.80 Å². The van der Waals surface area contributed by atoms with E-state index < -0.39 is 35.9 Å². The van der Waals surface area contributed by atoms with Crippen LogP contribution in [0.3, 0.4) is 0 Å². The molecule has 34 heavy (non-hydrogen) atoms. The molecule has 2 heterocycles. The lowest BCUT2D eigenvalue weighted by Crippen LogP contribution is -2.44. The summed E-state index contributed by atoms with van der Waals surface area (Å²) in [6, 6.07) is 8.48. The summed E-state index contributed by atoms with van der Waals surface area (Å²) >= 11 is 1.37. The van der Waals surface area contributed by atoms with Crippen LogP contribution in [0.1, 0.15) is 65.9 Å². The van der Waals surface area contributed by atoms with E-state index in [9.17, 15) is 19.2 Å².